The molecule has 3 amide bonds. The van der Waals surface area contributed by atoms with Gasteiger partial charge in [0.25, 0.3) is 5.91 Å². The summed E-state index contributed by atoms with van der Waals surface area (Å²) >= 11 is 0. The molecule has 31 heavy (non-hydrogen) atoms. The fourth-order valence-corrected chi connectivity index (χ4v) is 4.71. The molecule has 0 bridgehead atoms. The van der Waals surface area contributed by atoms with Gasteiger partial charge in [-0.3, -0.25) is 19.6 Å². The lowest BCUT2D eigenvalue weighted by Crippen LogP contribution is -2.60. The van der Waals surface area contributed by atoms with Crippen molar-refractivity contribution in [2.75, 3.05) is 13.6 Å². The van der Waals surface area contributed by atoms with Crippen molar-refractivity contribution in [1.82, 2.24) is 19.8 Å². The second kappa shape index (κ2) is 7.24. The first-order chi connectivity index (χ1) is 15.0. The summed E-state index contributed by atoms with van der Waals surface area (Å²) in [5.74, 6) is -0.603. The number of hydroxylamine groups is 1. The molecule has 1 fully saturated rings. The minimum atomic E-state index is -0.556. The van der Waals surface area contributed by atoms with Gasteiger partial charge in [0, 0.05) is 42.2 Å². The number of rotatable bonds is 3. The summed E-state index contributed by atoms with van der Waals surface area (Å²) in [5, 5.41) is 9.90. The summed E-state index contributed by atoms with van der Waals surface area (Å²) in [6, 6.07) is 14.7. The Morgan fingerprint density at radius 2 is 1.84 bits per heavy atom. The molecule has 5 rings (SSSR count). The highest BCUT2D eigenvalue weighted by Crippen LogP contribution is 2.35. The summed E-state index contributed by atoms with van der Waals surface area (Å²) in [6.45, 7) is 1.08. The molecule has 2 N–H and O–H groups in total. The maximum atomic E-state index is 12.7. The van der Waals surface area contributed by atoms with Crippen LogP contribution >= 0.6 is 0 Å². The van der Waals surface area contributed by atoms with Crippen LogP contribution in [-0.4, -0.2) is 56.9 Å². The molecule has 3 aromatic rings. The van der Waals surface area contributed by atoms with E-state index >= 15 is 0 Å². The lowest BCUT2D eigenvalue weighted by atomic mass is 9.94. The monoisotopic (exact) mass is 418 g/mol. The molecule has 158 valence electrons. The van der Waals surface area contributed by atoms with E-state index in [1.54, 1.807) is 29.6 Å². The Morgan fingerprint density at radius 1 is 1.10 bits per heavy atom. The van der Waals surface area contributed by atoms with Crippen LogP contribution in [0.1, 0.15) is 27.2 Å². The number of piperazine rings is 1. The van der Waals surface area contributed by atoms with Gasteiger partial charge in [-0.1, -0.05) is 30.3 Å². The van der Waals surface area contributed by atoms with Crippen molar-refractivity contribution in [2.24, 2.45) is 0 Å². The van der Waals surface area contributed by atoms with Gasteiger partial charge in [0.1, 0.15) is 6.04 Å². The third-order valence-corrected chi connectivity index (χ3v) is 6.30. The largest absolute Gasteiger partial charge is 0.338 e. The Kier molecular flexibility index (Phi) is 4.51. The number of nitrogens with zero attached hydrogens (tertiary/aromatic N) is 3. The number of para-hydroxylation sites is 1. The van der Waals surface area contributed by atoms with Gasteiger partial charge >= 0.3 is 0 Å². The van der Waals surface area contributed by atoms with Crippen molar-refractivity contribution in [2.45, 2.75) is 25.6 Å². The Balaban J connectivity index is 1.56. The molecule has 2 aliphatic rings. The highest BCUT2D eigenvalue weighted by molar-refractivity contribution is 5.97. The first-order valence-electron chi connectivity index (χ1n) is 10.1. The van der Waals surface area contributed by atoms with Crippen LogP contribution in [0, 0.1) is 0 Å². The summed E-state index contributed by atoms with van der Waals surface area (Å²) in [6.07, 6.45) is 0.507. The van der Waals surface area contributed by atoms with E-state index in [1.807, 2.05) is 24.3 Å². The number of aromatic nitrogens is 1. The van der Waals surface area contributed by atoms with E-state index in [0.717, 1.165) is 27.7 Å². The van der Waals surface area contributed by atoms with Gasteiger partial charge < -0.3 is 14.4 Å². The highest BCUT2D eigenvalue weighted by Gasteiger charge is 2.42. The van der Waals surface area contributed by atoms with Crippen molar-refractivity contribution in [3.8, 4) is 0 Å². The van der Waals surface area contributed by atoms with Crippen LogP contribution in [0.2, 0.25) is 0 Å². The van der Waals surface area contributed by atoms with Crippen molar-refractivity contribution in [3.05, 3.63) is 70.9 Å². The van der Waals surface area contributed by atoms with Crippen LogP contribution in [0.25, 0.3) is 10.9 Å². The summed E-state index contributed by atoms with van der Waals surface area (Å²) in [5.41, 5.74) is 6.20. The first kappa shape index (κ1) is 19.3. The molecule has 1 unspecified atom stereocenters. The maximum Gasteiger partial charge on any atom is 0.274 e. The standard InChI is InChI=1S/C23H22N4O4/c1-25-13-21(28)27-12-20-17(10-19(27)23(25)30)16-4-2-3-5-18(16)26(20)11-14-6-8-15(9-7-14)22(29)24-31/h2-9,19,31H,10-13H2,1H3,(H,24,29). The molecule has 2 aromatic carbocycles. The van der Waals surface area contributed by atoms with Crippen molar-refractivity contribution >= 4 is 28.6 Å². The first-order valence-corrected chi connectivity index (χ1v) is 10.1. The molecule has 0 aliphatic carbocycles. The highest BCUT2D eigenvalue weighted by atomic mass is 16.5. The zero-order chi connectivity index (χ0) is 21.7. The lowest BCUT2D eigenvalue weighted by Gasteiger charge is -2.41. The maximum absolute atomic E-state index is 12.7. The minimum absolute atomic E-state index is 0.0140. The molecule has 8 nitrogen and oxygen atoms in total. The van der Waals surface area contributed by atoms with E-state index in [1.165, 1.54) is 4.90 Å². The third kappa shape index (κ3) is 3.07. The topological polar surface area (TPSA) is 94.9 Å². The second-order valence-electron chi connectivity index (χ2n) is 8.10. The molecule has 1 atom stereocenters. The van der Waals surface area contributed by atoms with E-state index in [-0.39, 0.29) is 18.4 Å². The van der Waals surface area contributed by atoms with E-state index in [4.69, 9.17) is 5.21 Å². The SMILES string of the molecule is CN1CC(=O)N2Cc3c(c4ccccc4n3Cc3ccc(C(=O)NO)cc3)CC2C1=O. The average molecular weight is 418 g/mol. The molecule has 8 heteroatoms. The Bertz CT molecular complexity index is 1210. The van der Waals surface area contributed by atoms with Gasteiger partial charge in [0.05, 0.1) is 13.1 Å². The number of carbonyl (C=O) groups is 3. The fourth-order valence-electron chi connectivity index (χ4n) is 4.71. The van der Waals surface area contributed by atoms with Crippen LogP contribution in [0.3, 0.4) is 0 Å². The van der Waals surface area contributed by atoms with Crippen molar-refractivity contribution in [1.29, 1.82) is 0 Å². The van der Waals surface area contributed by atoms with E-state index in [9.17, 15) is 14.4 Å². The van der Waals surface area contributed by atoms with Crippen molar-refractivity contribution in [3.63, 3.8) is 0 Å². The Hall–Kier alpha value is -3.65. The molecule has 0 saturated carbocycles. The second-order valence-corrected chi connectivity index (χ2v) is 8.10. The normalized spacial score (nSPS) is 18.2. The van der Waals surface area contributed by atoms with Gasteiger partial charge in [-0.2, -0.15) is 0 Å². The number of benzene rings is 2. The predicted molar refractivity (Wildman–Crippen MR) is 112 cm³/mol. The van der Waals surface area contributed by atoms with Crippen LogP contribution in [0.4, 0.5) is 0 Å². The van der Waals surface area contributed by atoms with Crippen LogP contribution in [-0.2, 0) is 29.1 Å². The van der Waals surface area contributed by atoms with Gasteiger partial charge in [-0.25, -0.2) is 5.48 Å². The fraction of sp³-hybridized carbons (Fsp3) is 0.261. The smallest absolute Gasteiger partial charge is 0.274 e. The molecule has 1 aromatic heterocycles. The van der Waals surface area contributed by atoms with Crippen LogP contribution in [0.5, 0.6) is 0 Å². The number of hydrogen-bond acceptors (Lipinski definition) is 4. The molecular formula is C23H22N4O4. The number of hydrogen-bond donors (Lipinski definition) is 2. The molecule has 2 aliphatic heterocycles. The number of fused-ring (bicyclic) bond motifs is 4. The summed E-state index contributed by atoms with van der Waals surface area (Å²) in [4.78, 5) is 40.2. The van der Waals surface area contributed by atoms with Gasteiger partial charge in [0.15, 0.2) is 0 Å². The quantitative estimate of drug-likeness (QED) is 0.498. The molecule has 0 spiro atoms. The van der Waals surface area contributed by atoms with E-state index in [2.05, 4.69) is 16.7 Å². The minimum Gasteiger partial charge on any atom is -0.338 e. The molecular weight excluding hydrogens is 396 g/mol. The molecule has 1 saturated heterocycles. The number of carbonyl (C=O) groups excluding carboxylic acids is 3. The Morgan fingerprint density at radius 3 is 2.58 bits per heavy atom. The Labute approximate surface area is 178 Å². The van der Waals surface area contributed by atoms with Crippen LogP contribution < -0.4 is 5.48 Å². The number of likely N-dealkylation sites (N-methyl/N-ethyl adjacent to an activating group) is 1. The zero-order valence-electron chi connectivity index (χ0n) is 17.0. The zero-order valence-corrected chi connectivity index (χ0v) is 17.0. The van der Waals surface area contributed by atoms with Gasteiger partial charge in [-0.05, 0) is 29.3 Å². The van der Waals surface area contributed by atoms with E-state index < -0.39 is 11.9 Å². The molecule has 0 radical (unpaired) electrons. The lowest BCUT2D eigenvalue weighted by molar-refractivity contribution is -0.155. The number of nitrogens with one attached hydrogen (secondary N) is 1. The van der Waals surface area contributed by atoms with Crippen molar-refractivity contribution < 1.29 is 19.6 Å². The van der Waals surface area contributed by atoms with Crippen LogP contribution in [0.15, 0.2) is 48.5 Å². The van der Waals surface area contributed by atoms with E-state index in [0.29, 0.717) is 25.1 Å². The average Bonchev–Trinajstić information content (AvgIpc) is 3.09. The van der Waals surface area contributed by atoms with Gasteiger partial charge in [-0.15, -0.1) is 0 Å². The predicted octanol–water partition coefficient (Wildman–Crippen LogP) is 1.53. The summed E-state index contributed by atoms with van der Waals surface area (Å²) in [7, 11) is 1.68. The number of amides is 3. The molecule has 3 heterocycles. The third-order valence-electron chi connectivity index (χ3n) is 6.30. The summed E-state index contributed by atoms with van der Waals surface area (Å²) < 4.78 is 2.19. The van der Waals surface area contributed by atoms with Gasteiger partial charge in [0.2, 0.25) is 11.8 Å².